The maximum Gasteiger partial charge on any atom is 0.244 e. The Balaban J connectivity index is 1.69. The van der Waals surface area contributed by atoms with Gasteiger partial charge in [0.1, 0.15) is 0 Å². The number of para-hydroxylation sites is 1. The third kappa shape index (κ3) is 4.15. The zero-order chi connectivity index (χ0) is 19.9. The van der Waals surface area contributed by atoms with Crippen LogP contribution in [-0.4, -0.2) is 30.9 Å². The highest BCUT2D eigenvalue weighted by molar-refractivity contribution is 5.99. The molecule has 1 aromatic heterocycles. The lowest BCUT2D eigenvalue weighted by Gasteiger charge is -2.09. The van der Waals surface area contributed by atoms with Crippen molar-refractivity contribution in [3.05, 3.63) is 59.8 Å². The minimum atomic E-state index is -0.226. The number of hydrogen-bond acceptors (Lipinski definition) is 4. The molecule has 0 radical (unpaired) electrons. The Morgan fingerprint density at radius 2 is 2.00 bits per heavy atom. The molecule has 0 unspecified atom stereocenters. The van der Waals surface area contributed by atoms with E-state index >= 15 is 0 Å². The number of nitrogens with one attached hydrogen (secondary N) is 1. The summed E-state index contributed by atoms with van der Waals surface area (Å²) in [6.45, 7) is 0.472. The van der Waals surface area contributed by atoms with E-state index in [4.69, 9.17) is 15.9 Å². The fourth-order valence-electron chi connectivity index (χ4n) is 3.00. The van der Waals surface area contributed by atoms with E-state index in [0.717, 1.165) is 22.0 Å². The highest BCUT2D eigenvalue weighted by Crippen LogP contribution is 2.27. The molecule has 3 rings (SSSR count). The first-order valence-electron chi connectivity index (χ1n) is 8.70. The van der Waals surface area contributed by atoms with Gasteiger partial charge in [-0.15, -0.1) is 6.42 Å². The predicted octanol–water partition coefficient (Wildman–Crippen LogP) is 2.98. The van der Waals surface area contributed by atoms with Gasteiger partial charge in [0, 0.05) is 22.7 Å². The smallest absolute Gasteiger partial charge is 0.244 e. The lowest BCUT2D eigenvalue weighted by molar-refractivity contribution is -0.120. The number of ether oxygens (including phenoxy) is 2. The standard InChI is InChI=1S/C22H21N3O3/c1-4-11-25-15-17(18-7-5-6-8-19(18)25)14-23-24-22(26)13-16-9-10-20(27-2)21(12-16)28-3/h1,5-10,12,14-15H,11,13H2,2-3H3,(H,24,26). The van der Waals surface area contributed by atoms with Crippen LogP contribution >= 0.6 is 0 Å². The topological polar surface area (TPSA) is 64.9 Å². The molecule has 2 aromatic carbocycles. The molecule has 1 N–H and O–H groups in total. The first kappa shape index (κ1) is 19.1. The molecule has 6 heteroatoms. The van der Waals surface area contributed by atoms with Crippen LogP contribution in [0.15, 0.2) is 53.8 Å². The molecule has 0 spiro atoms. The fourth-order valence-corrected chi connectivity index (χ4v) is 3.00. The summed E-state index contributed by atoms with van der Waals surface area (Å²) in [7, 11) is 3.13. The van der Waals surface area contributed by atoms with Crippen molar-refractivity contribution in [2.24, 2.45) is 5.10 Å². The second-order valence-electron chi connectivity index (χ2n) is 6.09. The second kappa shape index (κ2) is 8.78. The Hall–Kier alpha value is -3.72. The van der Waals surface area contributed by atoms with E-state index in [9.17, 15) is 4.79 Å². The number of nitrogens with zero attached hydrogens (tertiary/aromatic N) is 2. The summed E-state index contributed by atoms with van der Waals surface area (Å²) in [5.74, 6) is 3.61. The van der Waals surface area contributed by atoms with Gasteiger partial charge in [-0.2, -0.15) is 5.10 Å². The molecule has 0 saturated heterocycles. The number of hydrazone groups is 1. The van der Waals surface area contributed by atoms with Crippen LogP contribution < -0.4 is 14.9 Å². The lowest BCUT2D eigenvalue weighted by Crippen LogP contribution is -2.19. The van der Waals surface area contributed by atoms with Crippen LogP contribution in [0.2, 0.25) is 0 Å². The van der Waals surface area contributed by atoms with Crippen LogP contribution in [0.25, 0.3) is 10.9 Å². The van der Waals surface area contributed by atoms with Gasteiger partial charge in [-0.05, 0) is 23.8 Å². The molecule has 0 aliphatic rings. The molecule has 28 heavy (non-hydrogen) atoms. The maximum atomic E-state index is 12.2. The molecule has 0 aliphatic heterocycles. The van der Waals surface area contributed by atoms with Crippen molar-refractivity contribution in [2.45, 2.75) is 13.0 Å². The molecule has 3 aromatic rings. The van der Waals surface area contributed by atoms with E-state index in [1.807, 2.05) is 41.1 Å². The summed E-state index contributed by atoms with van der Waals surface area (Å²) >= 11 is 0. The van der Waals surface area contributed by atoms with Gasteiger partial charge in [-0.25, -0.2) is 5.43 Å². The van der Waals surface area contributed by atoms with Gasteiger partial charge in [-0.1, -0.05) is 30.2 Å². The quantitative estimate of drug-likeness (QED) is 0.392. The van der Waals surface area contributed by atoms with Gasteiger partial charge in [0.2, 0.25) is 5.91 Å². The summed E-state index contributed by atoms with van der Waals surface area (Å²) in [6.07, 6.45) is 9.16. The van der Waals surface area contributed by atoms with Crippen LogP contribution in [0, 0.1) is 12.3 Å². The first-order chi connectivity index (χ1) is 13.7. The van der Waals surface area contributed by atoms with E-state index in [-0.39, 0.29) is 12.3 Å². The Kier molecular flexibility index (Phi) is 5.97. The van der Waals surface area contributed by atoms with Crippen LogP contribution in [0.1, 0.15) is 11.1 Å². The van der Waals surface area contributed by atoms with Gasteiger partial charge in [0.05, 0.1) is 33.4 Å². The molecule has 0 bridgehead atoms. The van der Waals surface area contributed by atoms with E-state index in [0.29, 0.717) is 18.0 Å². The number of aromatic nitrogens is 1. The molecule has 1 heterocycles. The lowest BCUT2D eigenvalue weighted by atomic mass is 10.1. The number of methoxy groups -OCH3 is 2. The third-order valence-electron chi connectivity index (χ3n) is 4.29. The number of carbonyl (C=O) groups excluding carboxylic acids is 1. The Labute approximate surface area is 163 Å². The monoisotopic (exact) mass is 375 g/mol. The molecule has 0 aliphatic carbocycles. The number of hydrogen-bond donors (Lipinski definition) is 1. The fraction of sp³-hybridized carbons (Fsp3) is 0.182. The van der Waals surface area contributed by atoms with Crippen molar-refractivity contribution in [3.63, 3.8) is 0 Å². The second-order valence-corrected chi connectivity index (χ2v) is 6.09. The van der Waals surface area contributed by atoms with Crippen molar-refractivity contribution >= 4 is 23.0 Å². The molecular formula is C22H21N3O3. The van der Waals surface area contributed by atoms with Crippen molar-refractivity contribution in [1.29, 1.82) is 0 Å². The van der Waals surface area contributed by atoms with Crippen LogP contribution in [-0.2, 0) is 17.8 Å². The van der Waals surface area contributed by atoms with Crippen molar-refractivity contribution < 1.29 is 14.3 Å². The van der Waals surface area contributed by atoms with E-state index < -0.39 is 0 Å². The van der Waals surface area contributed by atoms with Gasteiger partial charge in [-0.3, -0.25) is 4.79 Å². The van der Waals surface area contributed by atoms with E-state index in [2.05, 4.69) is 16.4 Å². The van der Waals surface area contributed by atoms with Crippen LogP contribution in [0.5, 0.6) is 11.5 Å². The van der Waals surface area contributed by atoms with E-state index in [1.165, 1.54) is 0 Å². The maximum absolute atomic E-state index is 12.2. The summed E-state index contributed by atoms with van der Waals surface area (Å²) < 4.78 is 12.4. The zero-order valence-corrected chi connectivity index (χ0v) is 15.8. The van der Waals surface area contributed by atoms with Crippen molar-refractivity contribution in [2.75, 3.05) is 14.2 Å². The Morgan fingerprint density at radius 3 is 2.75 bits per heavy atom. The Bertz CT molecular complexity index is 1060. The van der Waals surface area contributed by atoms with Crippen molar-refractivity contribution in [1.82, 2.24) is 9.99 Å². The summed E-state index contributed by atoms with van der Waals surface area (Å²) in [5.41, 5.74) is 5.28. The number of terminal acetylenes is 1. The van der Waals surface area contributed by atoms with Gasteiger partial charge < -0.3 is 14.0 Å². The summed E-state index contributed by atoms with van der Waals surface area (Å²) in [4.78, 5) is 12.2. The average Bonchev–Trinajstić information content (AvgIpc) is 3.06. The third-order valence-corrected chi connectivity index (χ3v) is 4.29. The van der Waals surface area contributed by atoms with Crippen LogP contribution in [0.3, 0.4) is 0 Å². The van der Waals surface area contributed by atoms with Gasteiger partial charge >= 0.3 is 0 Å². The highest BCUT2D eigenvalue weighted by atomic mass is 16.5. The largest absolute Gasteiger partial charge is 0.493 e. The average molecular weight is 375 g/mol. The molecule has 0 saturated carbocycles. The first-order valence-corrected chi connectivity index (χ1v) is 8.70. The molecule has 1 amide bonds. The minimum absolute atomic E-state index is 0.177. The summed E-state index contributed by atoms with van der Waals surface area (Å²) in [6, 6.07) is 13.3. The minimum Gasteiger partial charge on any atom is -0.493 e. The van der Waals surface area contributed by atoms with Crippen molar-refractivity contribution in [3.8, 4) is 23.8 Å². The summed E-state index contributed by atoms with van der Waals surface area (Å²) in [5, 5.41) is 5.12. The molecule has 142 valence electrons. The van der Waals surface area contributed by atoms with E-state index in [1.54, 1.807) is 32.6 Å². The highest BCUT2D eigenvalue weighted by Gasteiger charge is 2.09. The molecular weight excluding hydrogens is 354 g/mol. The number of fused-ring (bicyclic) bond motifs is 1. The molecule has 0 atom stereocenters. The number of amides is 1. The Morgan fingerprint density at radius 1 is 1.21 bits per heavy atom. The van der Waals surface area contributed by atoms with Crippen LogP contribution in [0.4, 0.5) is 0 Å². The van der Waals surface area contributed by atoms with Gasteiger partial charge in [0.25, 0.3) is 0 Å². The molecule has 6 nitrogen and oxygen atoms in total. The SMILES string of the molecule is C#CCn1cc(C=NNC(=O)Cc2ccc(OC)c(OC)c2)c2ccccc21. The van der Waals surface area contributed by atoms with Gasteiger partial charge in [0.15, 0.2) is 11.5 Å². The number of rotatable bonds is 7. The predicted molar refractivity (Wildman–Crippen MR) is 110 cm³/mol. The number of benzene rings is 2. The zero-order valence-electron chi connectivity index (χ0n) is 15.8. The normalized spacial score (nSPS) is 10.8. The number of carbonyl (C=O) groups is 1. The molecule has 0 fully saturated rings.